The first kappa shape index (κ1) is 12.9. The van der Waals surface area contributed by atoms with Gasteiger partial charge in [0.25, 0.3) is 5.91 Å². The molecule has 1 aromatic rings. The third-order valence-corrected chi connectivity index (χ3v) is 3.39. The fraction of sp³-hybridized carbons (Fsp3) is 0.167. The van der Waals surface area contributed by atoms with Crippen LogP contribution >= 0.6 is 24.0 Å². The van der Waals surface area contributed by atoms with Crippen molar-refractivity contribution in [1.82, 2.24) is 5.32 Å². The molecule has 2 rings (SSSR count). The molecular formula is C12H11NO3S2. The molecule has 1 saturated heterocycles. The van der Waals surface area contributed by atoms with Crippen LogP contribution in [0, 0.1) is 0 Å². The quantitative estimate of drug-likeness (QED) is 0.657. The highest BCUT2D eigenvalue weighted by Crippen LogP contribution is 2.30. The number of phenols is 1. The Hall–Kier alpha value is -1.53. The van der Waals surface area contributed by atoms with Crippen molar-refractivity contribution in [1.29, 1.82) is 0 Å². The van der Waals surface area contributed by atoms with Crippen molar-refractivity contribution in [2.45, 2.75) is 6.92 Å². The minimum Gasteiger partial charge on any atom is -0.504 e. The van der Waals surface area contributed by atoms with Crippen LogP contribution in [0.15, 0.2) is 23.1 Å². The molecule has 0 saturated carbocycles. The molecule has 4 nitrogen and oxygen atoms in total. The second kappa shape index (κ2) is 5.41. The predicted octanol–water partition coefficient (Wildman–Crippen LogP) is 2.28. The van der Waals surface area contributed by atoms with Crippen LogP contribution < -0.4 is 10.1 Å². The lowest BCUT2D eigenvalue weighted by Crippen LogP contribution is -2.17. The molecule has 1 aromatic carbocycles. The highest BCUT2D eigenvalue weighted by atomic mass is 32.2. The molecule has 94 valence electrons. The summed E-state index contributed by atoms with van der Waals surface area (Å²) in [6, 6.07) is 4.92. The molecule has 1 amide bonds. The van der Waals surface area contributed by atoms with Crippen LogP contribution in [-0.2, 0) is 4.79 Å². The first-order valence-corrected chi connectivity index (χ1v) is 6.53. The zero-order chi connectivity index (χ0) is 13.1. The van der Waals surface area contributed by atoms with E-state index in [1.54, 1.807) is 18.2 Å². The van der Waals surface area contributed by atoms with Crippen molar-refractivity contribution in [3.05, 3.63) is 28.7 Å². The van der Waals surface area contributed by atoms with Gasteiger partial charge in [0.15, 0.2) is 11.5 Å². The molecule has 0 atom stereocenters. The highest BCUT2D eigenvalue weighted by molar-refractivity contribution is 8.26. The Morgan fingerprint density at radius 2 is 2.33 bits per heavy atom. The van der Waals surface area contributed by atoms with E-state index in [1.807, 2.05) is 6.92 Å². The van der Waals surface area contributed by atoms with E-state index in [2.05, 4.69) is 5.32 Å². The summed E-state index contributed by atoms with van der Waals surface area (Å²) < 4.78 is 5.73. The summed E-state index contributed by atoms with van der Waals surface area (Å²) in [5.41, 5.74) is 0.776. The number of thiocarbonyl (C=S) groups is 1. The van der Waals surface area contributed by atoms with E-state index in [9.17, 15) is 9.90 Å². The van der Waals surface area contributed by atoms with Gasteiger partial charge in [0.05, 0.1) is 11.5 Å². The maximum Gasteiger partial charge on any atom is 0.263 e. The Bertz CT molecular complexity index is 540. The molecule has 18 heavy (non-hydrogen) atoms. The summed E-state index contributed by atoms with van der Waals surface area (Å²) in [5.74, 6) is 0.284. The lowest BCUT2D eigenvalue weighted by molar-refractivity contribution is -0.115. The van der Waals surface area contributed by atoms with Crippen molar-refractivity contribution in [3.8, 4) is 11.5 Å². The number of ether oxygens (including phenoxy) is 1. The van der Waals surface area contributed by atoms with Gasteiger partial charge >= 0.3 is 0 Å². The summed E-state index contributed by atoms with van der Waals surface area (Å²) in [6.07, 6.45) is 1.71. The van der Waals surface area contributed by atoms with Gasteiger partial charge in [-0.25, -0.2) is 0 Å². The third-order valence-electron chi connectivity index (χ3n) is 2.22. The second-order valence-corrected chi connectivity index (χ2v) is 5.23. The van der Waals surface area contributed by atoms with Gasteiger partial charge in [0, 0.05) is 0 Å². The molecule has 1 aliphatic heterocycles. The van der Waals surface area contributed by atoms with Gasteiger partial charge in [-0.15, -0.1) is 0 Å². The number of hydrogen-bond donors (Lipinski definition) is 2. The number of carbonyl (C=O) groups is 1. The normalized spacial score (nSPS) is 17.1. The Labute approximate surface area is 114 Å². The van der Waals surface area contributed by atoms with E-state index in [0.717, 1.165) is 5.56 Å². The monoisotopic (exact) mass is 281 g/mol. The van der Waals surface area contributed by atoms with E-state index in [4.69, 9.17) is 17.0 Å². The van der Waals surface area contributed by atoms with Crippen LogP contribution in [0.2, 0.25) is 0 Å². The van der Waals surface area contributed by atoms with Gasteiger partial charge in [-0.1, -0.05) is 30.0 Å². The van der Waals surface area contributed by atoms with E-state index in [1.165, 1.54) is 17.8 Å². The Kier molecular flexibility index (Phi) is 3.88. The number of nitrogens with one attached hydrogen (secondary N) is 1. The fourth-order valence-corrected chi connectivity index (χ4v) is 2.51. The van der Waals surface area contributed by atoms with E-state index < -0.39 is 0 Å². The van der Waals surface area contributed by atoms with Crippen molar-refractivity contribution in [3.63, 3.8) is 0 Å². The molecule has 0 aliphatic carbocycles. The zero-order valence-corrected chi connectivity index (χ0v) is 11.2. The maximum atomic E-state index is 11.5. The maximum absolute atomic E-state index is 11.5. The molecular weight excluding hydrogens is 270 g/mol. The fourth-order valence-electron chi connectivity index (χ4n) is 1.46. The minimum absolute atomic E-state index is 0.0815. The molecule has 1 aliphatic rings. The number of amides is 1. The smallest absolute Gasteiger partial charge is 0.263 e. The third kappa shape index (κ3) is 2.83. The number of carbonyl (C=O) groups excluding carboxylic acids is 1. The summed E-state index contributed by atoms with van der Waals surface area (Å²) in [4.78, 5) is 12.0. The van der Waals surface area contributed by atoms with Crippen LogP contribution in [0.3, 0.4) is 0 Å². The Morgan fingerprint density at radius 1 is 1.56 bits per heavy atom. The molecule has 0 radical (unpaired) electrons. The van der Waals surface area contributed by atoms with Crippen LogP contribution in [0.25, 0.3) is 6.08 Å². The van der Waals surface area contributed by atoms with Gasteiger partial charge in [-0.2, -0.15) is 0 Å². The van der Waals surface area contributed by atoms with Crippen LogP contribution in [0.5, 0.6) is 11.5 Å². The summed E-state index contributed by atoms with van der Waals surface area (Å²) in [7, 11) is 0. The van der Waals surface area contributed by atoms with E-state index in [0.29, 0.717) is 21.6 Å². The molecule has 0 unspecified atom stereocenters. The van der Waals surface area contributed by atoms with Crippen LogP contribution in [0.1, 0.15) is 12.5 Å². The van der Waals surface area contributed by atoms with Crippen molar-refractivity contribution < 1.29 is 14.6 Å². The van der Waals surface area contributed by atoms with Crippen molar-refractivity contribution >= 4 is 40.3 Å². The molecule has 2 N–H and O–H groups in total. The molecule has 1 heterocycles. The number of thioether (sulfide) groups is 1. The van der Waals surface area contributed by atoms with Gasteiger partial charge in [0.1, 0.15) is 4.32 Å². The summed E-state index contributed by atoms with van der Waals surface area (Å²) in [5, 5.41) is 12.1. The summed E-state index contributed by atoms with van der Waals surface area (Å²) in [6.45, 7) is 2.30. The topological polar surface area (TPSA) is 58.6 Å². The number of phenolic OH excluding ortho intramolecular Hbond substituents is 1. The average molecular weight is 281 g/mol. The van der Waals surface area contributed by atoms with Crippen molar-refractivity contribution in [2.24, 2.45) is 0 Å². The molecule has 1 fully saturated rings. The first-order chi connectivity index (χ1) is 8.60. The number of rotatable bonds is 3. The Balaban J connectivity index is 2.29. The standard InChI is InChI=1S/C12H11NO3S2/c1-2-16-9-5-7(3-4-8(9)14)6-10-11(15)13-12(17)18-10/h3-6,14H,2H2,1H3,(H,13,15,17)/b10-6-. The van der Waals surface area contributed by atoms with E-state index >= 15 is 0 Å². The number of benzene rings is 1. The van der Waals surface area contributed by atoms with Gasteiger partial charge in [0.2, 0.25) is 0 Å². The van der Waals surface area contributed by atoms with Gasteiger partial charge < -0.3 is 15.2 Å². The zero-order valence-electron chi connectivity index (χ0n) is 9.60. The average Bonchev–Trinajstić information content (AvgIpc) is 2.62. The SMILES string of the molecule is CCOc1cc(/C=C2\SC(=S)NC2=O)ccc1O. The molecule has 0 spiro atoms. The lowest BCUT2D eigenvalue weighted by atomic mass is 10.2. The number of aromatic hydroxyl groups is 1. The summed E-state index contributed by atoms with van der Waals surface area (Å²) >= 11 is 6.12. The molecule has 6 heteroatoms. The molecule has 0 aromatic heterocycles. The largest absolute Gasteiger partial charge is 0.504 e. The predicted molar refractivity (Wildman–Crippen MR) is 75.6 cm³/mol. The number of hydrogen-bond acceptors (Lipinski definition) is 5. The van der Waals surface area contributed by atoms with Gasteiger partial charge in [-0.3, -0.25) is 4.79 Å². The van der Waals surface area contributed by atoms with Crippen molar-refractivity contribution in [2.75, 3.05) is 6.61 Å². The lowest BCUT2D eigenvalue weighted by Gasteiger charge is -2.06. The minimum atomic E-state index is -0.198. The van der Waals surface area contributed by atoms with Crippen LogP contribution in [-0.4, -0.2) is 21.9 Å². The second-order valence-electron chi connectivity index (χ2n) is 3.51. The Morgan fingerprint density at radius 3 is 2.94 bits per heavy atom. The van der Waals surface area contributed by atoms with E-state index in [-0.39, 0.29) is 11.7 Å². The highest BCUT2D eigenvalue weighted by Gasteiger charge is 2.21. The van der Waals surface area contributed by atoms with Gasteiger partial charge in [-0.05, 0) is 30.7 Å². The molecule has 0 bridgehead atoms. The first-order valence-electron chi connectivity index (χ1n) is 5.31. The van der Waals surface area contributed by atoms with Crippen LogP contribution in [0.4, 0.5) is 0 Å².